The molecule has 28 heavy (non-hydrogen) atoms. The Morgan fingerprint density at radius 3 is 2.36 bits per heavy atom. The molecule has 1 aliphatic heterocycles. The zero-order chi connectivity index (χ0) is 19.7. The summed E-state index contributed by atoms with van der Waals surface area (Å²) < 4.78 is 0. The summed E-state index contributed by atoms with van der Waals surface area (Å²) in [5, 5.41) is 11.0. The number of aliphatic hydroxyl groups is 1. The van der Waals surface area contributed by atoms with Gasteiger partial charge in [0.1, 0.15) is 5.76 Å². The number of carbonyl (C=O) groups excluding carboxylic acids is 2. The summed E-state index contributed by atoms with van der Waals surface area (Å²) in [4.78, 5) is 27.8. The first kappa shape index (κ1) is 18.5. The van der Waals surface area contributed by atoms with E-state index in [-0.39, 0.29) is 17.4 Å². The maximum atomic E-state index is 13.1. The smallest absolute Gasteiger partial charge is 0.295 e. The van der Waals surface area contributed by atoms with Gasteiger partial charge in [0, 0.05) is 11.6 Å². The Bertz CT molecular complexity index is 926. The van der Waals surface area contributed by atoms with Gasteiger partial charge in [-0.2, -0.15) is 0 Å². The average Bonchev–Trinajstić information content (AvgIpc) is 3.00. The molecule has 1 unspecified atom stereocenters. The van der Waals surface area contributed by atoms with Gasteiger partial charge in [-0.25, -0.2) is 0 Å². The van der Waals surface area contributed by atoms with Crippen molar-refractivity contribution in [2.75, 3.05) is 0 Å². The second kappa shape index (κ2) is 7.63. The summed E-state index contributed by atoms with van der Waals surface area (Å²) in [5.41, 5.74) is 2.70. The third kappa shape index (κ3) is 3.24. The van der Waals surface area contributed by atoms with Crippen LogP contribution in [0.2, 0.25) is 0 Å². The van der Waals surface area contributed by atoms with Crippen LogP contribution in [0.5, 0.6) is 0 Å². The Morgan fingerprint density at radius 1 is 0.964 bits per heavy atom. The van der Waals surface area contributed by atoms with Crippen LogP contribution in [-0.2, 0) is 9.59 Å². The van der Waals surface area contributed by atoms with Crippen molar-refractivity contribution < 1.29 is 14.7 Å². The number of hydrogen-bond donors (Lipinski definition) is 1. The van der Waals surface area contributed by atoms with Crippen LogP contribution < -0.4 is 0 Å². The van der Waals surface area contributed by atoms with Gasteiger partial charge in [0.25, 0.3) is 11.7 Å². The summed E-state index contributed by atoms with van der Waals surface area (Å²) in [7, 11) is 0. The molecule has 4 nitrogen and oxygen atoms in total. The van der Waals surface area contributed by atoms with Crippen LogP contribution in [-0.4, -0.2) is 27.7 Å². The van der Waals surface area contributed by atoms with Crippen LogP contribution in [0.25, 0.3) is 5.76 Å². The van der Waals surface area contributed by atoms with Crippen molar-refractivity contribution in [1.82, 2.24) is 4.90 Å². The summed E-state index contributed by atoms with van der Waals surface area (Å²) in [6.07, 6.45) is 5.10. The highest BCUT2D eigenvalue weighted by Gasteiger charge is 2.48. The highest BCUT2D eigenvalue weighted by molar-refractivity contribution is 6.46. The third-order valence-corrected chi connectivity index (χ3v) is 5.85. The normalized spacial score (nSPS) is 22.6. The van der Waals surface area contributed by atoms with E-state index in [9.17, 15) is 14.7 Å². The van der Waals surface area contributed by atoms with E-state index in [0.717, 1.165) is 36.8 Å². The lowest BCUT2D eigenvalue weighted by molar-refractivity contribution is -0.141. The first-order valence-corrected chi connectivity index (χ1v) is 10.00. The molecule has 1 saturated carbocycles. The number of carbonyl (C=O) groups is 2. The molecule has 0 aromatic heterocycles. The number of benzene rings is 2. The molecular formula is C24H25NO3. The van der Waals surface area contributed by atoms with Gasteiger partial charge in [0.2, 0.25) is 0 Å². The molecule has 1 N–H and O–H groups in total. The highest BCUT2D eigenvalue weighted by Crippen LogP contribution is 2.43. The van der Waals surface area contributed by atoms with Crippen molar-refractivity contribution >= 4 is 17.4 Å². The number of rotatable bonds is 3. The van der Waals surface area contributed by atoms with E-state index in [4.69, 9.17) is 0 Å². The minimum Gasteiger partial charge on any atom is -0.507 e. The van der Waals surface area contributed by atoms with Crippen molar-refractivity contribution in [3.63, 3.8) is 0 Å². The zero-order valence-corrected chi connectivity index (χ0v) is 16.1. The van der Waals surface area contributed by atoms with E-state index in [1.165, 1.54) is 6.42 Å². The van der Waals surface area contributed by atoms with Crippen LogP contribution in [0.4, 0.5) is 0 Å². The molecular weight excluding hydrogens is 350 g/mol. The highest BCUT2D eigenvalue weighted by atomic mass is 16.3. The number of aliphatic hydroxyl groups excluding tert-OH is 1. The average molecular weight is 375 g/mol. The molecule has 4 rings (SSSR count). The van der Waals surface area contributed by atoms with Gasteiger partial charge in [-0.15, -0.1) is 0 Å². The van der Waals surface area contributed by atoms with Gasteiger partial charge in [-0.1, -0.05) is 79.4 Å². The summed E-state index contributed by atoms with van der Waals surface area (Å²) in [6, 6.07) is 16.4. The number of ketones is 1. The van der Waals surface area contributed by atoms with Crippen molar-refractivity contribution in [2.24, 2.45) is 0 Å². The predicted molar refractivity (Wildman–Crippen MR) is 109 cm³/mol. The van der Waals surface area contributed by atoms with Gasteiger partial charge in [0.15, 0.2) is 0 Å². The second-order valence-electron chi connectivity index (χ2n) is 7.78. The molecule has 0 bridgehead atoms. The van der Waals surface area contributed by atoms with Crippen molar-refractivity contribution in [3.8, 4) is 0 Å². The van der Waals surface area contributed by atoms with E-state index in [2.05, 4.69) is 0 Å². The van der Waals surface area contributed by atoms with Crippen molar-refractivity contribution in [2.45, 2.75) is 51.1 Å². The van der Waals surface area contributed by atoms with Gasteiger partial charge in [-0.3, -0.25) is 9.59 Å². The maximum absolute atomic E-state index is 13.1. The molecule has 2 aromatic rings. The Balaban J connectivity index is 1.88. The van der Waals surface area contributed by atoms with Gasteiger partial charge < -0.3 is 10.0 Å². The summed E-state index contributed by atoms with van der Waals surface area (Å²) >= 11 is 0. The summed E-state index contributed by atoms with van der Waals surface area (Å²) in [6.45, 7) is 1.99. The minimum absolute atomic E-state index is 0.0387. The fraction of sp³-hybridized carbons (Fsp3) is 0.333. The molecule has 144 valence electrons. The standard InChI is InChI=1S/C24H25NO3/c1-16-9-8-12-18(15-16)21-20(22(26)17-10-4-2-5-11-17)23(27)24(28)25(21)19-13-6-3-7-14-19/h2,4-5,8-12,15,19,21,26H,3,6-7,13-14H2,1H3/b22-20-. The molecule has 0 spiro atoms. The molecule has 2 aliphatic rings. The fourth-order valence-corrected chi connectivity index (χ4v) is 4.50. The lowest BCUT2D eigenvalue weighted by atomic mass is 9.90. The molecule has 0 radical (unpaired) electrons. The lowest BCUT2D eigenvalue weighted by Crippen LogP contribution is -2.40. The maximum Gasteiger partial charge on any atom is 0.295 e. The number of amides is 1. The van der Waals surface area contributed by atoms with Crippen molar-refractivity contribution in [3.05, 3.63) is 76.9 Å². The Labute approximate surface area is 165 Å². The fourth-order valence-electron chi connectivity index (χ4n) is 4.50. The largest absolute Gasteiger partial charge is 0.507 e. The molecule has 1 heterocycles. The number of hydrogen-bond acceptors (Lipinski definition) is 3. The molecule has 2 fully saturated rings. The van der Waals surface area contributed by atoms with Crippen LogP contribution in [0.1, 0.15) is 54.8 Å². The van der Waals surface area contributed by atoms with Gasteiger partial charge in [0.05, 0.1) is 11.6 Å². The molecule has 4 heteroatoms. The van der Waals surface area contributed by atoms with Crippen LogP contribution in [0.15, 0.2) is 60.2 Å². The molecule has 1 atom stereocenters. The van der Waals surface area contributed by atoms with Crippen molar-refractivity contribution in [1.29, 1.82) is 0 Å². The topological polar surface area (TPSA) is 57.6 Å². The van der Waals surface area contributed by atoms with E-state index in [0.29, 0.717) is 5.56 Å². The molecule has 1 amide bonds. The van der Waals surface area contributed by atoms with E-state index < -0.39 is 17.7 Å². The molecule has 1 aliphatic carbocycles. The third-order valence-electron chi connectivity index (χ3n) is 5.85. The number of likely N-dealkylation sites (tertiary alicyclic amines) is 1. The first-order chi connectivity index (χ1) is 13.6. The SMILES string of the molecule is Cc1cccc(C2/C(=C(/O)c3ccccc3)C(=O)C(=O)N2C2CCCCC2)c1. The van der Waals surface area contributed by atoms with Crippen LogP contribution in [0, 0.1) is 6.92 Å². The monoisotopic (exact) mass is 375 g/mol. The Kier molecular flexibility index (Phi) is 5.03. The zero-order valence-electron chi connectivity index (χ0n) is 16.1. The number of aryl methyl sites for hydroxylation is 1. The van der Waals surface area contributed by atoms with E-state index in [1.807, 2.05) is 49.4 Å². The van der Waals surface area contributed by atoms with E-state index >= 15 is 0 Å². The molecule has 1 saturated heterocycles. The quantitative estimate of drug-likeness (QED) is 0.478. The molecule has 2 aromatic carbocycles. The lowest BCUT2D eigenvalue weighted by Gasteiger charge is -2.35. The van der Waals surface area contributed by atoms with Crippen LogP contribution in [0.3, 0.4) is 0 Å². The first-order valence-electron chi connectivity index (χ1n) is 10.00. The Morgan fingerprint density at radius 2 is 1.68 bits per heavy atom. The summed E-state index contributed by atoms with van der Waals surface area (Å²) in [5.74, 6) is -1.17. The number of nitrogens with zero attached hydrogens (tertiary/aromatic N) is 1. The van der Waals surface area contributed by atoms with Gasteiger partial charge in [-0.05, 0) is 25.3 Å². The minimum atomic E-state index is -0.585. The Hall–Kier alpha value is -2.88. The van der Waals surface area contributed by atoms with E-state index in [1.54, 1.807) is 17.0 Å². The second-order valence-corrected chi connectivity index (χ2v) is 7.78. The van der Waals surface area contributed by atoms with Gasteiger partial charge >= 0.3 is 0 Å². The predicted octanol–water partition coefficient (Wildman–Crippen LogP) is 4.75. The van der Waals surface area contributed by atoms with Crippen LogP contribution >= 0.6 is 0 Å². The number of Topliss-reactive ketones (excluding diaryl/α,β-unsaturated/α-hetero) is 1.